The minimum atomic E-state index is 0.232. The van der Waals surface area contributed by atoms with E-state index in [1.165, 1.54) is 25.7 Å². The Hall–Kier alpha value is -0.580. The fraction of sp³-hybridized carbons (Fsp3) is 0.636. The van der Waals surface area contributed by atoms with E-state index in [1.54, 1.807) is 6.07 Å². The van der Waals surface area contributed by atoms with Crippen LogP contribution in [0.4, 0.5) is 5.69 Å². The van der Waals surface area contributed by atoms with Crippen LogP contribution in [0.5, 0.6) is 0 Å². The van der Waals surface area contributed by atoms with E-state index >= 15 is 0 Å². The number of aromatic nitrogens is 2. The molecular formula is C11H16Cl2N4. The molecule has 0 saturated heterocycles. The molecule has 1 aliphatic carbocycles. The van der Waals surface area contributed by atoms with Crippen molar-refractivity contribution >= 4 is 28.9 Å². The third kappa shape index (κ3) is 3.21. The molecule has 1 saturated carbocycles. The van der Waals surface area contributed by atoms with Gasteiger partial charge in [-0.2, -0.15) is 0 Å². The monoisotopic (exact) mass is 274 g/mol. The van der Waals surface area contributed by atoms with Gasteiger partial charge >= 0.3 is 0 Å². The van der Waals surface area contributed by atoms with Crippen LogP contribution < -0.4 is 11.1 Å². The van der Waals surface area contributed by atoms with Crippen LogP contribution in [0, 0.1) is 5.92 Å². The largest absolute Gasteiger partial charge is 0.378 e. The van der Waals surface area contributed by atoms with Gasteiger partial charge in [0.05, 0.1) is 5.69 Å². The number of halogens is 2. The van der Waals surface area contributed by atoms with Crippen LogP contribution in [0.2, 0.25) is 10.3 Å². The summed E-state index contributed by atoms with van der Waals surface area (Å²) >= 11 is 11.8. The summed E-state index contributed by atoms with van der Waals surface area (Å²) in [5, 5.41) is 11.5. The Labute approximate surface area is 111 Å². The number of rotatable bonds is 4. The van der Waals surface area contributed by atoms with E-state index in [4.69, 9.17) is 28.9 Å². The summed E-state index contributed by atoms with van der Waals surface area (Å²) in [6.45, 7) is 0.584. The highest BCUT2D eigenvalue weighted by Gasteiger charge is 2.24. The zero-order valence-electron chi connectivity index (χ0n) is 9.50. The Morgan fingerprint density at radius 2 is 2.06 bits per heavy atom. The van der Waals surface area contributed by atoms with Crippen molar-refractivity contribution in [3.05, 3.63) is 16.4 Å². The number of hydrogen-bond donors (Lipinski definition) is 2. The molecule has 0 aliphatic heterocycles. The van der Waals surface area contributed by atoms with Gasteiger partial charge in [-0.1, -0.05) is 36.0 Å². The van der Waals surface area contributed by atoms with E-state index in [9.17, 15) is 0 Å². The first kappa shape index (κ1) is 12.9. The van der Waals surface area contributed by atoms with E-state index in [1.807, 2.05) is 0 Å². The summed E-state index contributed by atoms with van der Waals surface area (Å²) in [6, 6.07) is 1.92. The SMILES string of the molecule is NCC(Nc1cc(Cl)nnc1Cl)C1CCCC1. The molecule has 94 valence electrons. The van der Waals surface area contributed by atoms with E-state index < -0.39 is 0 Å². The van der Waals surface area contributed by atoms with Gasteiger partial charge in [0.2, 0.25) is 0 Å². The van der Waals surface area contributed by atoms with Crippen molar-refractivity contribution in [1.82, 2.24) is 10.2 Å². The first-order valence-corrected chi connectivity index (χ1v) is 6.61. The number of nitrogens with zero attached hydrogens (tertiary/aromatic N) is 2. The molecule has 0 radical (unpaired) electrons. The van der Waals surface area contributed by atoms with Crippen LogP contribution in [-0.2, 0) is 0 Å². The molecule has 1 aliphatic rings. The second kappa shape index (κ2) is 5.85. The van der Waals surface area contributed by atoms with Crippen molar-refractivity contribution < 1.29 is 0 Å². The predicted molar refractivity (Wildman–Crippen MR) is 70.5 cm³/mol. The van der Waals surface area contributed by atoms with E-state index in [0.717, 1.165) is 0 Å². The van der Waals surface area contributed by atoms with Crippen molar-refractivity contribution in [1.29, 1.82) is 0 Å². The first-order chi connectivity index (χ1) is 8.20. The lowest BCUT2D eigenvalue weighted by Crippen LogP contribution is -2.35. The number of hydrogen-bond acceptors (Lipinski definition) is 4. The van der Waals surface area contributed by atoms with Crippen molar-refractivity contribution in [2.24, 2.45) is 11.7 Å². The van der Waals surface area contributed by atoms with Gasteiger partial charge in [-0.25, -0.2) is 0 Å². The third-order valence-corrected chi connectivity index (χ3v) is 3.75. The maximum atomic E-state index is 5.97. The van der Waals surface area contributed by atoms with Gasteiger partial charge in [0.25, 0.3) is 0 Å². The van der Waals surface area contributed by atoms with Crippen LogP contribution in [0.25, 0.3) is 0 Å². The molecule has 1 unspecified atom stereocenters. The first-order valence-electron chi connectivity index (χ1n) is 5.86. The minimum Gasteiger partial charge on any atom is -0.378 e. The summed E-state index contributed by atoms with van der Waals surface area (Å²) in [5.74, 6) is 0.614. The molecule has 1 fully saturated rings. The van der Waals surface area contributed by atoms with Gasteiger partial charge in [-0.3, -0.25) is 0 Å². The molecule has 0 bridgehead atoms. The lowest BCUT2D eigenvalue weighted by Gasteiger charge is -2.24. The lowest BCUT2D eigenvalue weighted by molar-refractivity contribution is 0.462. The van der Waals surface area contributed by atoms with Gasteiger partial charge in [0.1, 0.15) is 0 Å². The summed E-state index contributed by atoms with van der Waals surface area (Å²) in [4.78, 5) is 0. The molecule has 17 heavy (non-hydrogen) atoms. The van der Waals surface area contributed by atoms with E-state index in [-0.39, 0.29) is 6.04 Å². The predicted octanol–water partition coefficient (Wildman–Crippen LogP) is 2.71. The number of anilines is 1. The second-order valence-corrected chi connectivity index (χ2v) is 5.15. The maximum absolute atomic E-state index is 5.97. The summed E-state index contributed by atoms with van der Waals surface area (Å²) in [7, 11) is 0. The van der Waals surface area contributed by atoms with Crippen LogP contribution >= 0.6 is 23.2 Å². The molecule has 0 spiro atoms. The fourth-order valence-corrected chi connectivity index (χ4v) is 2.68. The zero-order chi connectivity index (χ0) is 12.3. The highest BCUT2D eigenvalue weighted by molar-refractivity contribution is 6.33. The second-order valence-electron chi connectivity index (χ2n) is 4.40. The number of nitrogens with two attached hydrogens (primary N) is 1. The molecule has 4 nitrogen and oxygen atoms in total. The molecule has 1 aromatic rings. The van der Waals surface area contributed by atoms with Crippen LogP contribution in [0.3, 0.4) is 0 Å². The van der Waals surface area contributed by atoms with Gasteiger partial charge in [0.15, 0.2) is 10.3 Å². The smallest absolute Gasteiger partial charge is 0.174 e. The van der Waals surface area contributed by atoms with Crippen molar-refractivity contribution in [3.8, 4) is 0 Å². The van der Waals surface area contributed by atoms with Crippen LogP contribution in [0.1, 0.15) is 25.7 Å². The Kier molecular flexibility index (Phi) is 4.42. The van der Waals surface area contributed by atoms with Crippen molar-refractivity contribution in [2.75, 3.05) is 11.9 Å². The number of nitrogens with one attached hydrogen (secondary N) is 1. The molecule has 1 heterocycles. The van der Waals surface area contributed by atoms with Crippen LogP contribution in [0.15, 0.2) is 6.07 Å². The summed E-state index contributed by atoms with van der Waals surface area (Å²) in [5.41, 5.74) is 6.53. The Morgan fingerprint density at radius 3 is 2.71 bits per heavy atom. The fourth-order valence-electron chi connectivity index (χ4n) is 2.38. The van der Waals surface area contributed by atoms with E-state index in [2.05, 4.69) is 15.5 Å². The molecule has 1 aromatic heterocycles. The van der Waals surface area contributed by atoms with Gasteiger partial charge in [-0.15, -0.1) is 10.2 Å². The molecule has 3 N–H and O–H groups in total. The van der Waals surface area contributed by atoms with Gasteiger partial charge < -0.3 is 11.1 Å². The standard InChI is InChI=1S/C11H16Cl2N4/c12-10-5-8(11(13)17-16-10)15-9(6-14)7-3-1-2-4-7/h5,7,9H,1-4,6,14H2,(H,15,16). The van der Waals surface area contributed by atoms with Gasteiger partial charge in [-0.05, 0) is 18.8 Å². The summed E-state index contributed by atoms with van der Waals surface area (Å²) in [6.07, 6.45) is 5.01. The highest BCUT2D eigenvalue weighted by Crippen LogP contribution is 2.30. The molecule has 6 heteroatoms. The van der Waals surface area contributed by atoms with Gasteiger partial charge in [0, 0.05) is 18.7 Å². The quantitative estimate of drug-likeness (QED) is 0.886. The molecule has 1 atom stereocenters. The Balaban J connectivity index is 2.09. The van der Waals surface area contributed by atoms with Crippen molar-refractivity contribution in [3.63, 3.8) is 0 Å². The molecule has 2 rings (SSSR count). The molecular weight excluding hydrogens is 259 g/mol. The lowest BCUT2D eigenvalue weighted by atomic mass is 9.98. The van der Waals surface area contributed by atoms with E-state index in [0.29, 0.717) is 28.5 Å². The summed E-state index contributed by atoms with van der Waals surface area (Å²) < 4.78 is 0. The zero-order valence-corrected chi connectivity index (χ0v) is 11.0. The third-order valence-electron chi connectivity index (χ3n) is 3.28. The normalized spacial score (nSPS) is 18.3. The topological polar surface area (TPSA) is 63.8 Å². The maximum Gasteiger partial charge on any atom is 0.174 e. The molecule has 0 aromatic carbocycles. The average Bonchev–Trinajstić information content (AvgIpc) is 2.84. The Morgan fingerprint density at radius 1 is 1.35 bits per heavy atom. The van der Waals surface area contributed by atoms with Crippen LogP contribution in [-0.4, -0.2) is 22.8 Å². The highest BCUT2D eigenvalue weighted by atomic mass is 35.5. The Bertz CT molecular complexity index is 380. The molecule has 0 amide bonds. The van der Waals surface area contributed by atoms with Crippen molar-refractivity contribution in [2.45, 2.75) is 31.7 Å². The average molecular weight is 275 g/mol. The minimum absolute atomic E-state index is 0.232.